The highest BCUT2D eigenvalue weighted by Crippen LogP contribution is 2.23. The third kappa shape index (κ3) is 4.11. The molecule has 0 saturated carbocycles. The number of carboxylic acid groups (broad SMARTS) is 1. The molecule has 9 heteroatoms. The molecule has 120 valence electrons. The van der Waals surface area contributed by atoms with Gasteiger partial charge in [0.2, 0.25) is 0 Å². The number of sulfone groups is 1. The fraction of sp³-hybridized carbons (Fsp3) is 0.385. The molecule has 1 unspecified atom stereocenters. The van der Waals surface area contributed by atoms with E-state index in [1.54, 1.807) is 18.2 Å². The molecular formula is C13H15ClN2O5S. The third-order valence-electron chi connectivity index (χ3n) is 3.10. The average Bonchev–Trinajstić information content (AvgIpc) is 2.84. The fourth-order valence-electron chi connectivity index (χ4n) is 1.81. The maximum absolute atomic E-state index is 11.5. The van der Waals surface area contributed by atoms with Crippen molar-refractivity contribution in [1.82, 2.24) is 4.98 Å². The summed E-state index contributed by atoms with van der Waals surface area (Å²) in [4.78, 5) is 15.3. The van der Waals surface area contributed by atoms with Gasteiger partial charge in [0.1, 0.15) is 21.4 Å². The van der Waals surface area contributed by atoms with Gasteiger partial charge in [-0.2, -0.15) is 4.98 Å². The molecule has 1 aromatic heterocycles. The summed E-state index contributed by atoms with van der Waals surface area (Å²) in [5, 5.41) is 12.3. The Morgan fingerprint density at radius 1 is 1.50 bits per heavy atom. The number of oxazole rings is 1. The van der Waals surface area contributed by atoms with Crippen LogP contribution in [0.4, 0.5) is 6.01 Å². The Morgan fingerprint density at radius 2 is 2.23 bits per heavy atom. The normalized spacial score (nSPS) is 13.2. The van der Waals surface area contributed by atoms with Crippen LogP contribution in [-0.4, -0.2) is 42.0 Å². The average molecular weight is 347 g/mol. The molecule has 0 amide bonds. The van der Waals surface area contributed by atoms with Gasteiger partial charge in [-0.1, -0.05) is 18.5 Å². The molecular weight excluding hydrogens is 332 g/mol. The molecule has 22 heavy (non-hydrogen) atoms. The molecule has 0 fully saturated rings. The number of fused-ring (bicyclic) bond motifs is 1. The van der Waals surface area contributed by atoms with Crippen molar-refractivity contribution in [3.05, 3.63) is 23.2 Å². The van der Waals surface area contributed by atoms with Gasteiger partial charge >= 0.3 is 5.97 Å². The minimum atomic E-state index is -3.24. The minimum absolute atomic E-state index is 0.0126. The highest BCUT2D eigenvalue weighted by Gasteiger charge is 2.22. The first kappa shape index (κ1) is 16.6. The Kier molecular flexibility index (Phi) is 4.92. The van der Waals surface area contributed by atoms with E-state index in [0.717, 1.165) is 0 Å². The largest absolute Gasteiger partial charge is 0.480 e. The van der Waals surface area contributed by atoms with Crippen LogP contribution < -0.4 is 5.32 Å². The van der Waals surface area contributed by atoms with E-state index in [-0.39, 0.29) is 23.9 Å². The number of anilines is 1. The number of nitrogens with one attached hydrogen (secondary N) is 1. The van der Waals surface area contributed by atoms with Gasteiger partial charge in [0.05, 0.1) is 5.75 Å². The Balaban J connectivity index is 2.14. The van der Waals surface area contributed by atoms with Gasteiger partial charge in [0, 0.05) is 10.8 Å². The maximum Gasteiger partial charge on any atom is 0.326 e. The highest BCUT2D eigenvalue weighted by molar-refractivity contribution is 7.91. The predicted octanol–water partition coefficient (Wildman–Crippen LogP) is 2.17. The zero-order valence-corrected chi connectivity index (χ0v) is 13.3. The number of halogens is 1. The number of carbonyl (C=O) groups is 1. The van der Waals surface area contributed by atoms with E-state index in [9.17, 15) is 18.3 Å². The zero-order chi connectivity index (χ0) is 16.3. The third-order valence-corrected chi connectivity index (χ3v) is 5.08. The van der Waals surface area contributed by atoms with Crippen molar-refractivity contribution in [2.24, 2.45) is 0 Å². The minimum Gasteiger partial charge on any atom is -0.480 e. The van der Waals surface area contributed by atoms with Gasteiger partial charge in [0.25, 0.3) is 6.01 Å². The van der Waals surface area contributed by atoms with Crippen molar-refractivity contribution >= 4 is 44.5 Å². The van der Waals surface area contributed by atoms with E-state index in [2.05, 4.69) is 10.3 Å². The van der Waals surface area contributed by atoms with Gasteiger partial charge in [-0.05, 0) is 24.6 Å². The summed E-state index contributed by atoms with van der Waals surface area (Å²) < 4.78 is 28.3. The predicted molar refractivity (Wildman–Crippen MR) is 83.0 cm³/mol. The molecule has 0 aliphatic carbocycles. The van der Waals surface area contributed by atoms with E-state index < -0.39 is 21.8 Å². The second kappa shape index (κ2) is 6.53. The number of hydrogen-bond acceptors (Lipinski definition) is 6. The van der Waals surface area contributed by atoms with E-state index >= 15 is 0 Å². The lowest BCUT2D eigenvalue weighted by Crippen LogP contribution is -2.31. The summed E-state index contributed by atoms with van der Waals surface area (Å²) in [6, 6.07) is 3.74. The Labute approximate surface area is 132 Å². The van der Waals surface area contributed by atoms with E-state index in [0.29, 0.717) is 16.1 Å². The van der Waals surface area contributed by atoms with Gasteiger partial charge in [0.15, 0.2) is 5.58 Å². The molecule has 0 saturated heterocycles. The molecule has 2 N–H and O–H groups in total. The summed E-state index contributed by atoms with van der Waals surface area (Å²) in [6.07, 6.45) is -0.0784. The molecule has 0 aliphatic rings. The zero-order valence-electron chi connectivity index (χ0n) is 11.7. The van der Waals surface area contributed by atoms with Crippen LogP contribution in [-0.2, 0) is 14.6 Å². The molecule has 2 rings (SSSR count). The Morgan fingerprint density at radius 3 is 2.86 bits per heavy atom. The highest BCUT2D eigenvalue weighted by atomic mass is 35.5. The molecule has 0 bridgehead atoms. The van der Waals surface area contributed by atoms with Crippen molar-refractivity contribution in [3.63, 3.8) is 0 Å². The molecule has 0 aliphatic heterocycles. The van der Waals surface area contributed by atoms with Gasteiger partial charge in [-0.15, -0.1) is 0 Å². The number of carboxylic acids is 1. The standard InChI is InChI=1S/C13H15ClN2O5S/c1-2-22(19,20)6-5-9(12(17)18)15-13-16-10-7-8(14)3-4-11(10)21-13/h3-4,7,9H,2,5-6H2,1H3,(H,15,16)(H,17,18). The summed E-state index contributed by atoms with van der Waals surface area (Å²) in [6.45, 7) is 1.52. The van der Waals surface area contributed by atoms with Crippen molar-refractivity contribution in [1.29, 1.82) is 0 Å². The van der Waals surface area contributed by atoms with Crippen LogP contribution >= 0.6 is 11.6 Å². The summed E-state index contributed by atoms with van der Waals surface area (Å²) >= 11 is 5.84. The smallest absolute Gasteiger partial charge is 0.326 e. The first-order valence-electron chi connectivity index (χ1n) is 6.56. The number of hydrogen-bond donors (Lipinski definition) is 2. The van der Waals surface area contributed by atoms with Crippen molar-refractivity contribution < 1.29 is 22.7 Å². The summed E-state index contributed by atoms with van der Waals surface area (Å²) in [7, 11) is -3.24. The first-order valence-corrected chi connectivity index (χ1v) is 8.76. The molecule has 1 heterocycles. The van der Waals surface area contributed by atoms with Crippen molar-refractivity contribution in [3.8, 4) is 0 Å². The fourth-order valence-corrected chi connectivity index (χ4v) is 2.86. The van der Waals surface area contributed by atoms with Crippen LogP contribution in [0.2, 0.25) is 5.02 Å². The SMILES string of the molecule is CCS(=O)(=O)CCC(Nc1nc2cc(Cl)ccc2o1)C(=O)O. The molecule has 0 spiro atoms. The summed E-state index contributed by atoms with van der Waals surface area (Å²) in [5.74, 6) is -1.42. The topological polar surface area (TPSA) is 110 Å². The lowest BCUT2D eigenvalue weighted by Gasteiger charge is -2.12. The van der Waals surface area contributed by atoms with Crippen LogP contribution in [0, 0.1) is 0 Å². The Hall–Kier alpha value is -1.80. The van der Waals surface area contributed by atoms with Crippen LogP contribution in [0.3, 0.4) is 0 Å². The molecule has 1 atom stereocenters. The molecule has 7 nitrogen and oxygen atoms in total. The van der Waals surface area contributed by atoms with Crippen LogP contribution in [0.5, 0.6) is 0 Å². The van der Waals surface area contributed by atoms with Crippen LogP contribution in [0.25, 0.3) is 11.1 Å². The first-order chi connectivity index (χ1) is 10.3. The van der Waals surface area contributed by atoms with Gasteiger partial charge in [-0.25, -0.2) is 13.2 Å². The second-order valence-electron chi connectivity index (χ2n) is 4.69. The van der Waals surface area contributed by atoms with Gasteiger partial charge < -0.3 is 14.8 Å². The van der Waals surface area contributed by atoms with E-state index in [4.69, 9.17) is 16.0 Å². The summed E-state index contributed by atoms with van der Waals surface area (Å²) in [5.41, 5.74) is 0.942. The molecule has 1 aromatic carbocycles. The number of aliphatic carboxylic acids is 1. The van der Waals surface area contributed by atoms with Crippen LogP contribution in [0.15, 0.2) is 22.6 Å². The van der Waals surface area contributed by atoms with Crippen molar-refractivity contribution in [2.45, 2.75) is 19.4 Å². The monoisotopic (exact) mass is 346 g/mol. The number of benzene rings is 1. The van der Waals surface area contributed by atoms with E-state index in [1.165, 1.54) is 6.92 Å². The molecule has 0 radical (unpaired) electrons. The second-order valence-corrected chi connectivity index (χ2v) is 7.60. The van der Waals surface area contributed by atoms with Crippen LogP contribution in [0.1, 0.15) is 13.3 Å². The molecule has 2 aromatic rings. The lowest BCUT2D eigenvalue weighted by atomic mass is 10.2. The maximum atomic E-state index is 11.5. The number of nitrogens with zero attached hydrogens (tertiary/aromatic N) is 1. The number of aromatic nitrogens is 1. The quantitative estimate of drug-likeness (QED) is 0.790. The van der Waals surface area contributed by atoms with Gasteiger partial charge in [-0.3, -0.25) is 0 Å². The Bertz CT molecular complexity index is 787. The lowest BCUT2D eigenvalue weighted by molar-refractivity contribution is -0.138. The number of rotatable bonds is 7. The van der Waals surface area contributed by atoms with E-state index in [1.807, 2.05) is 0 Å². The van der Waals surface area contributed by atoms with Crippen molar-refractivity contribution in [2.75, 3.05) is 16.8 Å².